The molecule has 0 radical (unpaired) electrons. The lowest BCUT2D eigenvalue weighted by Gasteiger charge is -2.19. The highest BCUT2D eigenvalue weighted by Gasteiger charge is 2.23. The summed E-state index contributed by atoms with van der Waals surface area (Å²) in [5.74, 6) is -0.656. The average Bonchev–Trinajstić information content (AvgIpc) is 2.94. The van der Waals surface area contributed by atoms with Crippen molar-refractivity contribution in [3.05, 3.63) is 22.7 Å². The minimum absolute atomic E-state index is 0.0450. The number of amides is 1. The van der Waals surface area contributed by atoms with Gasteiger partial charge in [-0.15, -0.1) is 0 Å². The number of nitrogens with zero attached hydrogens (tertiary/aromatic N) is 1. The van der Waals surface area contributed by atoms with E-state index in [1.807, 2.05) is 18.2 Å². The lowest BCUT2D eigenvalue weighted by Crippen LogP contribution is -2.25. The van der Waals surface area contributed by atoms with Gasteiger partial charge in [0.25, 0.3) is 5.91 Å². The molecule has 0 unspecified atom stereocenters. The standard InChI is InChI=1S/C16H17BrN2O3S/c17-11-6-7-12-13(8-11)23-16(18-12)19-14(20)9-22-15(21)10-4-2-1-3-5-10/h6-8,10H,1-5,9H2,(H,18,19,20). The first-order chi connectivity index (χ1) is 11.1. The third-order valence-corrected chi connectivity index (χ3v) is 5.31. The van der Waals surface area contributed by atoms with Gasteiger partial charge < -0.3 is 4.74 Å². The predicted octanol–water partition coefficient (Wildman–Crippen LogP) is 4.12. The maximum absolute atomic E-state index is 11.9. The van der Waals surface area contributed by atoms with Crippen molar-refractivity contribution in [2.24, 2.45) is 5.92 Å². The van der Waals surface area contributed by atoms with Crippen LogP contribution in [0.5, 0.6) is 0 Å². The Morgan fingerprint density at radius 2 is 2.09 bits per heavy atom. The van der Waals surface area contributed by atoms with E-state index in [4.69, 9.17) is 4.74 Å². The van der Waals surface area contributed by atoms with Crippen molar-refractivity contribution in [3.8, 4) is 0 Å². The summed E-state index contributed by atoms with van der Waals surface area (Å²) in [4.78, 5) is 28.2. The molecule has 23 heavy (non-hydrogen) atoms. The van der Waals surface area contributed by atoms with Gasteiger partial charge in [0.1, 0.15) is 0 Å². The maximum atomic E-state index is 11.9. The molecule has 1 aliphatic carbocycles. The van der Waals surface area contributed by atoms with Crippen molar-refractivity contribution in [1.29, 1.82) is 0 Å². The van der Waals surface area contributed by atoms with Gasteiger partial charge >= 0.3 is 5.97 Å². The minimum atomic E-state index is -0.354. The Labute approximate surface area is 146 Å². The molecular formula is C16H17BrN2O3S. The van der Waals surface area contributed by atoms with Crippen molar-refractivity contribution in [2.75, 3.05) is 11.9 Å². The van der Waals surface area contributed by atoms with Crippen molar-refractivity contribution < 1.29 is 14.3 Å². The molecule has 1 aromatic carbocycles. The summed E-state index contributed by atoms with van der Waals surface area (Å²) >= 11 is 4.79. The second-order valence-corrected chi connectivity index (χ2v) is 7.57. The van der Waals surface area contributed by atoms with E-state index < -0.39 is 0 Å². The van der Waals surface area contributed by atoms with Crippen LogP contribution in [-0.4, -0.2) is 23.5 Å². The monoisotopic (exact) mass is 396 g/mol. The Morgan fingerprint density at radius 3 is 2.87 bits per heavy atom. The number of carbonyl (C=O) groups is 2. The van der Waals surface area contributed by atoms with Crippen LogP contribution >= 0.6 is 27.3 Å². The highest BCUT2D eigenvalue weighted by Crippen LogP contribution is 2.28. The number of halogens is 1. The zero-order valence-corrected chi connectivity index (χ0v) is 14.9. The fourth-order valence-corrected chi connectivity index (χ4v) is 4.13. The van der Waals surface area contributed by atoms with Crippen LogP contribution in [0.1, 0.15) is 32.1 Å². The van der Waals surface area contributed by atoms with Gasteiger partial charge in [-0.05, 0) is 31.0 Å². The van der Waals surface area contributed by atoms with Crippen molar-refractivity contribution in [2.45, 2.75) is 32.1 Å². The first kappa shape index (κ1) is 16.4. The molecule has 1 fully saturated rings. The van der Waals surface area contributed by atoms with Gasteiger partial charge in [0.05, 0.1) is 16.1 Å². The number of hydrogen-bond donors (Lipinski definition) is 1. The molecule has 7 heteroatoms. The number of benzene rings is 1. The van der Waals surface area contributed by atoms with Crippen LogP contribution in [-0.2, 0) is 14.3 Å². The number of thiazole rings is 1. The number of nitrogens with one attached hydrogen (secondary N) is 1. The topological polar surface area (TPSA) is 68.3 Å². The smallest absolute Gasteiger partial charge is 0.309 e. The number of aromatic nitrogens is 1. The molecule has 0 bridgehead atoms. The van der Waals surface area contributed by atoms with E-state index in [0.29, 0.717) is 5.13 Å². The highest BCUT2D eigenvalue weighted by atomic mass is 79.9. The van der Waals surface area contributed by atoms with Crippen LogP contribution < -0.4 is 5.32 Å². The van der Waals surface area contributed by atoms with Gasteiger partial charge in [-0.3, -0.25) is 14.9 Å². The third kappa shape index (κ3) is 4.29. The Morgan fingerprint density at radius 1 is 1.30 bits per heavy atom. The first-order valence-corrected chi connectivity index (χ1v) is 9.25. The number of carbonyl (C=O) groups excluding carboxylic acids is 2. The Bertz CT molecular complexity index is 725. The Kier molecular flexibility index (Phi) is 5.27. The molecule has 1 amide bonds. The summed E-state index contributed by atoms with van der Waals surface area (Å²) in [7, 11) is 0. The highest BCUT2D eigenvalue weighted by molar-refractivity contribution is 9.10. The van der Waals surface area contributed by atoms with E-state index in [9.17, 15) is 9.59 Å². The molecule has 1 heterocycles. The van der Waals surface area contributed by atoms with Gasteiger partial charge in [-0.2, -0.15) is 0 Å². The van der Waals surface area contributed by atoms with E-state index in [2.05, 4.69) is 26.2 Å². The molecule has 0 spiro atoms. The van der Waals surface area contributed by atoms with Crippen LogP contribution in [0.15, 0.2) is 22.7 Å². The first-order valence-electron chi connectivity index (χ1n) is 7.64. The number of hydrogen-bond acceptors (Lipinski definition) is 5. The summed E-state index contributed by atoms with van der Waals surface area (Å²) in [6, 6.07) is 5.74. The normalized spacial score (nSPS) is 15.5. The molecule has 1 aromatic heterocycles. The number of anilines is 1. The molecule has 1 N–H and O–H groups in total. The van der Waals surface area contributed by atoms with Gasteiger partial charge in [0.2, 0.25) is 0 Å². The Hall–Kier alpha value is -1.47. The maximum Gasteiger partial charge on any atom is 0.309 e. The van der Waals surface area contributed by atoms with Gasteiger partial charge in [0, 0.05) is 4.47 Å². The molecule has 3 rings (SSSR count). The van der Waals surface area contributed by atoms with E-state index in [0.717, 1.165) is 40.4 Å². The molecule has 122 valence electrons. The van der Waals surface area contributed by atoms with Crippen LogP contribution in [0.25, 0.3) is 10.2 Å². The van der Waals surface area contributed by atoms with Crippen LogP contribution in [0.2, 0.25) is 0 Å². The van der Waals surface area contributed by atoms with E-state index in [1.165, 1.54) is 17.8 Å². The molecule has 1 aliphatic rings. The number of ether oxygens (including phenoxy) is 1. The molecule has 2 aromatic rings. The molecule has 0 aliphatic heterocycles. The van der Waals surface area contributed by atoms with Gasteiger partial charge in [-0.1, -0.05) is 46.5 Å². The second-order valence-electron chi connectivity index (χ2n) is 5.62. The molecule has 1 saturated carbocycles. The van der Waals surface area contributed by atoms with Crippen molar-refractivity contribution >= 4 is 54.5 Å². The number of esters is 1. The van der Waals surface area contributed by atoms with E-state index >= 15 is 0 Å². The minimum Gasteiger partial charge on any atom is -0.455 e. The Balaban J connectivity index is 1.52. The van der Waals surface area contributed by atoms with E-state index in [1.54, 1.807) is 0 Å². The molecule has 0 atom stereocenters. The van der Waals surface area contributed by atoms with Crippen molar-refractivity contribution in [3.63, 3.8) is 0 Å². The fourth-order valence-electron chi connectivity index (χ4n) is 2.70. The van der Waals surface area contributed by atoms with Gasteiger partial charge in [0.15, 0.2) is 11.7 Å². The third-order valence-electron chi connectivity index (χ3n) is 3.88. The summed E-state index contributed by atoms with van der Waals surface area (Å²) in [5.41, 5.74) is 0.827. The molecular weight excluding hydrogens is 380 g/mol. The van der Waals surface area contributed by atoms with Crippen LogP contribution in [0.3, 0.4) is 0 Å². The summed E-state index contributed by atoms with van der Waals surface area (Å²) in [5, 5.41) is 3.20. The predicted molar refractivity (Wildman–Crippen MR) is 93.5 cm³/mol. The number of fused-ring (bicyclic) bond motifs is 1. The largest absolute Gasteiger partial charge is 0.455 e. The molecule has 0 saturated heterocycles. The number of rotatable bonds is 4. The lowest BCUT2D eigenvalue weighted by atomic mass is 9.89. The SMILES string of the molecule is O=C(COC(=O)C1CCCCC1)Nc1nc2ccc(Br)cc2s1. The summed E-state index contributed by atoms with van der Waals surface area (Å²) in [6.07, 6.45) is 5.04. The van der Waals surface area contributed by atoms with Crippen LogP contribution in [0.4, 0.5) is 5.13 Å². The molecule has 5 nitrogen and oxygen atoms in total. The summed E-state index contributed by atoms with van der Waals surface area (Å²) in [6.45, 7) is -0.255. The van der Waals surface area contributed by atoms with E-state index in [-0.39, 0.29) is 24.4 Å². The average molecular weight is 397 g/mol. The summed E-state index contributed by atoms with van der Waals surface area (Å²) < 4.78 is 7.07. The van der Waals surface area contributed by atoms with Crippen LogP contribution in [0, 0.1) is 5.92 Å². The van der Waals surface area contributed by atoms with Crippen molar-refractivity contribution in [1.82, 2.24) is 4.98 Å². The lowest BCUT2D eigenvalue weighted by molar-refractivity contribution is -0.152. The fraction of sp³-hybridized carbons (Fsp3) is 0.438. The zero-order chi connectivity index (χ0) is 16.2. The second kappa shape index (κ2) is 7.40. The zero-order valence-electron chi connectivity index (χ0n) is 12.5. The van der Waals surface area contributed by atoms with Gasteiger partial charge in [-0.25, -0.2) is 4.98 Å². The quantitative estimate of drug-likeness (QED) is 0.789.